The van der Waals surface area contributed by atoms with Crippen LogP contribution in [-0.2, 0) is 4.79 Å². The molecule has 1 atom stereocenters. The normalized spacial score (nSPS) is 17.9. The third-order valence-electron chi connectivity index (χ3n) is 3.81. The summed E-state index contributed by atoms with van der Waals surface area (Å²) in [7, 11) is 0. The van der Waals surface area contributed by atoms with Crippen LogP contribution in [0.2, 0.25) is 5.02 Å². The van der Waals surface area contributed by atoms with Gasteiger partial charge in [-0.15, -0.1) is 0 Å². The molecule has 5 nitrogen and oxygen atoms in total. The Morgan fingerprint density at radius 3 is 2.83 bits per heavy atom. The molecule has 2 aromatic rings. The molecule has 0 aliphatic carbocycles. The van der Waals surface area contributed by atoms with Gasteiger partial charge in [0, 0.05) is 30.0 Å². The molecule has 0 N–H and O–H groups in total. The van der Waals surface area contributed by atoms with Crippen molar-refractivity contribution in [2.75, 3.05) is 13.1 Å². The van der Waals surface area contributed by atoms with Crippen molar-refractivity contribution < 1.29 is 9.53 Å². The van der Waals surface area contributed by atoms with Crippen LogP contribution in [0.1, 0.15) is 18.4 Å². The lowest BCUT2D eigenvalue weighted by Gasteiger charge is -2.31. The highest BCUT2D eigenvalue weighted by atomic mass is 35.5. The van der Waals surface area contributed by atoms with Crippen LogP contribution >= 0.6 is 11.6 Å². The summed E-state index contributed by atoms with van der Waals surface area (Å²) in [6.45, 7) is 1.26. The van der Waals surface area contributed by atoms with Gasteiger partial charge in [0.2, 0.25) is 5.91 Å². The third kappa shape index (κ3) is 4.32. The number of likely N-dealkylation sites (tertiary alicyclic amines) is 1. The summed E-state index contributed by atoms with van der Waals surface area (Å²) in [5.74, 6) is -0.0443. The van der Waals surface area contributed by atoms with Gasteiger partial charge in [0.1, 0.15) is 6.10 Å². The van der Waals surface area contributed by atoms with E-state index in [1.807, 2.05) is 18.2 Å². The highest BCUT2D eigenvalue weighted by Gasteiger charge is 2.24. The summed E-state index contributed by atoms with van der Waals surface area (Å²) in [6, 6.07) is 9.52. The first-order valence-electron chi connectivity index (χ1n) is 7.87. The fourth-order valence-electron chi connectivity index (χ4n) is 2.61. The highest BCUT2D eigenvalue weighted by molar-refractivity contribution is 6.32. The number of hydrogen-bond donors (Lipinski definition) is 0. The third-order valence-corrected chi connectivity index (χ3v) is 4.16. The van der Waals surface area contributed by atoms with E-state index in [1.54, 1.807) is 41.6 Å². The molecule has 1 fully saturated rings. The number of benzene rings is 1. The van der Waals surface area contributed by atoms with Crippen LogP contribution in [0.3, 0.4) is 0 Å². The van der Waals surface area contributed by atoms with E-state index in [0.717, 1.165) is 24.9 Å². The molecule has 0 spiro atoms. The summed E-state index contributed by atoms with van der Waals surface area (Å²) >= 11 is 6.10. The molecule has 1 aromatic carbocycles. The first-order chi connectivity index (χ1) is 11.7. The lowest BCUT2D eigenvalue weighted by molar-refractivity contribution is -0.128. The van der Waals surface area contributed by atoms with Crippen LogP contribution in [0, 0.1) is 0 Å². The zero-order valence-electron chi connectivity index (χ0n) is 13.1. The van der Waals surface area contributed by atoms with E-state index in [-0.39, 0.29) is 12.0 Å². The first kappa shape index (κ1) is 16.5. The minimum atomic E-state index is -0.0844. The zero-order chi connectivity index (χ0) is 16.8. The SMILES string of the molecule is O=C(/C=C/c1ccccc1Cl)N1CCC[C@H](Oc2ncccn2)C1. The standard InChI is InChI=1S/C18H18ClN3O2/c19-16-7-2-1-5-14(16)8-9-17(23)22-12-3-6-15(13-22)24-18-20-10-4-11-21-18/h1-2,4-5,7-11,15H,3,6,12-13H2/b9-8+/t15-/m0/s1. The van der Waals surface area contributed by atoms with E-state index in [9.17, 15) is 4.79 Å². The van der Waals surface area contributed by atoms with Crippen LogP contribution in [0.4, 0.5) is 0 Å². The Bertz CT molecular complexity index is 721. The molecule has 1 amide bonds. The van der Waals surface area contributed by atoms with Gasteiger partial charge in [-0.2, -0.15) is 0 Å². The molecule has 1 aliphatic heterocycles. The van der Waals surface area contributed by atoms with Crippen molar-refractivity contribution >= 4 is 23.6 Å². The van der Waals surface area contributed by atoms with Crippen molar-refractivity contribution in [3.05, 3.63) is 59.4 Å². The molecule has 0 radical (unpaired) electrons. The maximum atomic E-state index is 12.4. The van der Waals surface area contributed by atoms with Gasteiger partial charge in [-0.1, -0.05) is 29.8 Å². The van der Waals surface area contributed by atoms with E-state index in [4.69, 9.17) is 16.3 Å². The number of carbonyl (C=O) groups excluding carboxylic acids is 1. The second-order valence-electron chi connectivity index (χ2n) is 5.55. The van der Waals surface area contributed by atoms with Gasteiger partial charge >= 0.3 is 6.01 Å². The average Bonchev–Trinajstić information content (AvgIpc) is 2.62. The molecule has 2 heterocycles. The van der Waals surface area contributed by atoms with E-state index in [0.29, 0.717) is 17.6 Å². The van der Waals surface area contributed by atoms with Crippen LogP contribution < -0.4 is 4.74 Å². The van der Waals surface area contributed by atoms with Crippen LogP contribution in [0.15, 0.2) is 48.8 Å². The molecule has 0 unspecified atom stereocenters. The van der Waals surface area contributed by atoms with Crippen LogP contribution in [0.5, 0.6) is 6.01 Å². The van der Waals surface area contributed by atoms with E-state index in [1.165, 1.54) is 0 Å². The quantitative estimate of drug-likeness (QED) is 0.800. The van der Waals surface area contributed by atoms with Crippen molar-refractivity contribution in [3.63, 3.8) is 0 Å². The molecule has 1 aromatic heterocycles. The predicted octanol–water partition coefficient (Wildman–Crippen LogP) is 3.21. The molecular weight excluding hydrogens is 326 g/mol. The van der Waals surface area contributed by atoms with Crippen molar-refractivity contribution in [3.8, 4) is 6.01 Å². The Kier molecular flexibility index (Phi) is 5.43. The minimum absolute atomic E-state index is 0.0443. The fourth-order valence-corrected chi connectivity index (χ4v) is 2.81. The fraction of sp³-hybridized carbons (Fsp3) is 0.278. The number of aromatic nitrogens is 2. The van der Waals surface area contributed by atoms with Gasteiger partial charge < -0.3 is 9.64 Å². The largest absolute Gasteiger partial charge is 0.458 e. The molecule has 24 heavy (non-hydrogen) atoms. The van der Waals surface area contributed by atoms with Crippen LogP contribution in [-0.4, -0.2) is 40.0 Å². The number of ether oxygens (including phenoxy) is 1. The number of hydrogen-bond acceptors (Lipinski definition) is 4. The van der Waals surface area contributed by atoms with Gasteiger partial charge in [-0.05, 0) is 36.6 Å². The second kappa shape index (κ2) is 7.93. The molecule has 0 saturated carbocycles. The van der Waals surface area contributed by atoms with E-state index in [2.05, 4.69) is 9.97 Å². The summed E-state index contributed by atoms with van der Waals surface area (Å²) < 4.78 is 5.76. The Hall–Kier alpha value is -2.40. The topological polar surface area (TPSA) is 55.3 Å². The van der Waals surface area contributed by atoms with E-state index >= 15 is 0 Å². The van der Waals surface area contributed by atoms with Gasteiger partial charge in [0.25, 0.3) is 0 Å². The molecule has 1 saturated heterocycles. The lowest BCUT2D eigenvalue weighted by atomic mass is 10.1. The van der Waals surface area contributed by atoms with Crippen molar-refractivity contribution in [2.45, 2.75) is 18.9 Å². The number of rotatable bonds is 4. The number of nitrogens with zero attached hydrogens (tertiary/aromatic N) is 3. The summed E-state index contributed by atoms with van der Waals surface area (Å²) in [6.07, 6.45) is 8.28. The molecular formula is C18H18ClN3O2. The van der Waals surface area contributed by atoms with Crippen molar-refractivity contribution in [2.24, 2.45) is 0 Å². The first-order valence-corrected chi connectivity index (χ1v) is 8.25. The predicted molar refractivity (Wildman–Crippen MR) is 92.7 cm³/mol. The summed E-state index contributed by atoms with van der Waals surface area (Å²) in [5, 5.41) is 0.627. The average molecular weight is 344 g/mol. The van der Waals surface area contributed by atoms with E-state index < -0.39 is 0 Å². The second-order valence-corrected chi connectivity index (χ2v) is 5.96. The maximum absolute atomic E-state index is 12.4. The number of halogens is 1. The number of piperidine rings is 1. The van der Waals surface area contributed by atoms with Crippen molar-refractivity contribution in [1.82, 2.24) is 14.9 Å². The number of carbonyl (C=O) groups is 1. The Labute approximate surface area is 145 Å². The molecule has 6 heteroatoms. The molecule has 1 aliphatic rings. The van der Waals surface area contributed by atoms with Gasteiger partial charge in [0.05, 0.1) is 6.54 Å². The Morgan fingerprint density at radius 1 is 1.25 bits per heavy atom. The highest BCUT2D eigenvalue weighted by Crippen LogP contribution is 2.18. The Morgan fingerprint density at radius 2 is 2.04 bits per heavy atom. The molecule has 3 rings (SSSR count). The number of amides is 1. The zero-order valence-corrected chi connectivity index (χ0v) is 13.9. The van der Waals surface area contributed by atoms with Gasteiger partial charge in [-0.25, -0.2) is 9.97 Å². The monoisotopic (exact) mass is 343 g/mol. The van der Waals surface area contributed by atoms with Crippen molar-refractivity contribution in [1.29, 1.82) is 0 Å². The van der Waals surface area contributed by atoms with Gasteiger partial charge in [0.15, 0.2) is 0 Å². The van der Waals surface area contributed by atoms with Crippen LogP contribution in [0.25, 0.3) is 6.08 Å². The summed E-state index contributed by atoms with van der Waals surface area (Å²) in [4.78, 5) is 22.3. The summed E-state index contributed by atoms with van der Waals surface area (Å²) in [5.41, 5.74) is 0.829. The lowest BCUT2D eigenvalue weighted by Crippen LogP contribution is -2.43. The maximum Gasteiger partial charge on any atom is 0.316 e. The van der Waals surface area contributed by atoms with Gasteiger partial charge in [-0.3, -0.25) is 4.79 Å². The molecule has 0 bridgehead atoms. The Balaban J connectivity index is 1.60. The smallest absolute Gasteiger partial charge is 0.316 e. The minimum Gasteiger partial charge on any atom is -0.458 e. The molecule has 124 valence electrons.